The van der Waals surface area contributed by atoms with Crippen LogP contribution in [0.15, 0.2) is 24.3 Å². The van der Waals surface area contributed by atoms with Gasteiger partial charge in [0.1, 0.15) is 4.99 Å². The lowest BCUT2D eigenvalue weighted by atomic mass is 9.80. The zero-order valence-electron chi connectivity index (χ0n) is 11.4. The Kier molecular flexibility index (Phi) is 3.62. The van der Waals surface area contributed by atoms with Gasteiger partial charge in [0.2, 0.25) is 0 Å². The van der Waals surface area contributed by atoms with Gasteiger partial charge in [0.25, 0.3) is 0 Å². The van der Waals surface area contributed by atoms with Crippen molar-refractivity contribution in [2.75, 3.05) is 18.0 Å². The standard InChI is InChI=1S/C15H22N2S/c1-15(2,3)11-8-9-17(10-11)13-7-5-4-6-12(13)14(16)18/h4-7,11H,8-10H2,1-3H3,(H2,16,18). The molecule has 1 aromatic rings. The molecule has 2 nitrogen and oxygen atoms in total. The van der Waals surface area contributed by atoms with E-state index in [0.717, 1.165) is 24.6 Å². The molecule has 0 spiro atoms. The average Bonchev–Trinajstić information content (AvgIpc) is 2.77. The van der Waals surface area contributed by atoms with Crippen LogP contribution in [0.2, 0.25) is 0 Å². The van der Waals surface area contributed by atoms with Crippen LogP contribution in [-0.4, -0.2) is 18.1 Å². The molecule has 98 valence electrons. The quantitative estimate of drug-likeness (QED) is 0.830. The van der Waals surface area contributed by atoms with Crippen LogP contribution in [0, 0.1) is 11.3 Å². The van der Waals surface area contributed by atoms with Crippen molar-refractivity contribution in [1.29, 1.82) is 0 Å². The molecular formula is C15H22N2S. The van der Waals surface area contributed by atoms with E-state index in [2.05, 4.69) is 37.8 Å². The number of hydrogen-bond donors (Lipinski definition) is 1. The second kappa shape index (κ2) is 4.88. The molecule has 3 heteroatoms. The summed E-state index contributed by atoms with van der Waals surface area (Å²) in [6.07, 6.45) is 1.25. The highest BCUT2D eigenvalue weighted by atomic mass is 32.1. The average molecular weight is 262 g/mol. The summed E-state index contributed by atoms with van der Waals surface area (Å²) in [5.74, 6) is 0.733. The Balaban J connectivity index is 2.22. The first-order valence-corrected chi connectivity index (χ1v) is 6.94. The van der Waals surface area contributed by atoms with Crippen molar-refractivity contribution in [2.45, 2.75) is 27.2 Å². The summed E-state index contributed by atoms with van der Waals surface area (Å²) in [6.45, 7) is 9.16. The van der Waals surface area contributed by atoms with E-state index in [-0.39, 0.29) is 0 Å². The van der Waals surface area contributed by atoms with Crippen molar-refractivity contribution in [3.05, 3.63) is 29.8 Å². The second-order valence-corrected chi connectivity index (χ2v) is 6.62. The number of para-hydroxylation sites is 1. The molecule has 0 aromatic heterocycles. The third-order valence-corrected chi connectivity index (χ3v) is 4.14. The van der Waals surface area contributed by atoms with E-state index in [1.54, 1.807) is 0 Å². The molecule has 0 radical (unpaired) electrons. The van der Waals surface area contributed by atoms with Gasteiger partial charge in [-0.3, -0.25) is 0 Å². The van der Waals surface area contributed by atoms with E-state index in [9.17, 15) is 0 Å². The molecular weight excluding hydrogens is 240 g/mol. The summed E-state index contributed by atoms with van der Waals surface area (Å²) in [7, 11) is 0. The van der Waals surface area contributed by atoms with Crippen molar-refractivity contribution < 1.29 is 0 Å². The molecule has 2 N–H and O–H groups in total. The zero-order valence-corrected chi connectivity index (χ0v) is 12.3. The number of thiocarbonyl (C=S) groups is 1. The highest BCUT2D eigenvalue weighted by Crippen LogP contribution is 2.36. The predicted molar refractivity (Wildman–Crippen MR) is 82.1 cm³/mol. The highest BCUT2D eigenvalue weighted by molar-refractivity contribution is 7.80. The Morgan fingerprint density at radius 1 is 1.33 bits per heavy atom. The first kappa shape index (κ1) is 13.3. The number of anilines is 1. The minimum atomic E-state index is 0.368. The third kappa shape index (κ3) is 2.66. The maximum Gasteiger partial charge on any atom is 0.106 e. The molecule has 1 saturated heterocycles. The summed E-state index contributed by atoms with van der Waals surface area (Å²) in [6, 6.07) is 8.19. The maximum absolute atomic E-state index is 5.81. The fourth-order valence-corrected chi connectivity index (χ4v) is 2.82. The smallest absolute Gasteiger partial charge is 0.106 e. The van der Waals surface area contributed by atoms with Crippen molar-refractivity contribution in [3.8, 4) is 0 Å². The highest BCUT2D eigenvalue weighted by Gasteiger charge is 2.32. The Morgan fingerprint density at radius 2 is 2.00 bits per heavy atom. The minimum Gasteiger partial charge on any atom is -0.389 e. The van der Waals surface area contributed by atoms with Crippen LogP contribution in [0.25, 0.3) is 0 Å². The molecule has 1 fully saturated rings. The first-order chi connectivity index (χ1) is 8.39. The zero-order chi connectivity index (χ0) is 13.3. The lowest BCUT2D eigenvalue weighted by Crippen LogP contribution is -2.27. The van der Waals surface area contributed by atoms with Crippen LogP contribution >= 0.6 is 12.2 Å². The Hall–Kier alpha value is -1.09. The lowest BCUT2D eigenvalue weighted by Gasteiger charge is -2.28. The van der Waals surface area contributed by atoms with Crippen molar-refractivity contribution in [1.82, 2.24) is 0 Å². The van der Waals surface area contributed by atoms with Gasteiger partial charge in [0.15, 0.2) is 0 Å². The number of nitrogens with two attached hydrogens (primary N) is 1. The maximum atomic E-state index is 5.81. The van der Waals surface area contributed by atoms with E-state index in [1.807, 2.05) is 12.1 Å². The van der Waals surface area contributed by atoms with E-state index >= 15 is 0 Å². The molecule has 0 amide bonds. The first-order valence-electron chi connectivity index (χ1n) is 6.53. The monoisotopic (exact) mass is 262 g/mol. The van der Waals surface area contributed by atoms with Gasteiger partial charge >= 0.3 is 0 Å². The summed E-state index contributed by atoms with van der Waals surface area (Å²) in [4.78, 5) is 2.91. The second-order valence-electron chi connectivity index (χ2n) is 6.18. The van der Waals surface area contributed by atoms with Crippen LogP contribution in [-0.2, 0) is 0 Å². The topological polar surface area (TPSA) is 29.3 Å². The molecule has 2 rings (SSSR count). The van der Waals surface area contributed by atoms with Gasteiger partial charge in [-0.1, -0.05) is 45.1 Å². The van der Waals surface area contributed by atoms with E-state index in [4.69, 9.17) is 18.0 Å². The molecule has 1 atom stereocenters. The molecule has 0 aliphatic carbocycles. The fourth-order valence-electron chi connectivity index (χ4n) is 2.64. The van der Waals surface area contributed by atoms with E-state index in [1.165, 1.54) is 12.1 Å². The van der Waals surface area contributed by atoms with Crippen molar-refractivity contribution in [2.24, 2.45) is 17.1 Å². The molecule has 0 bridgehead atoms. The van der Waals surface area contributed by atoms with Crippen molar-refractivity contribution >= 4 is 22.9 Å². The summed E-state index contributed by atoms with van der Waals surface area (Å²) in [5, 5.41) is 0. The number of benzene rings is 1. The molecule has 18 heavy (non-hydrogen) atoms. The van der Waals surface area contributed by atoms with Gasteiger partial charge in [-0.2, -0.15) is 0 Å². The van der Waals surface area contributed by atoms with Gasteiger partial charge in [0.05, 0.1) is 0 Å². The molecule has 1 aromatic carbocycles. The van der Waals surface area contributed by atoms with Crippen LogP contribution in [0.1, 0.15) is 32.8 Å². The third-order valence-electron chi connectivity index (χ3n) is 3.92. The summed E-state index contributed by atoms with van der Waals surface area (Å²) < 4.78 is 0. The fraction of sp³-hybridized carbons (Fsp3) is 0.533. The van der Waals surface area contributed by atoms with Gasteiger partial charge in [-0.25, -0.2) is 0 Å². The predicted octanol–water partition coefficient (Wildman–Crippen LogP) is 3.19. The normalized spacial score (nSPS) is 20.2. The van der Waals surface area contributed by atoms with Gasteiger partial charge in [0, 0.05) is 24.3 Å². The number of hydrogen-bond acceptors (Lipinski definition) is 2. The summed E-state index contributed by atoms with van der Waals surface area (Å²) in [5.41, 5.74) is 8.37. The Morgan fingerprint density at radius 3 is 2.56 bits per heavy atom. The van der Waals surface area contributed by atoms with Crippen LogP contribution in [0.4, 0.5) is 5.69 Å². The van der Waals surface area contributed by atoms with Crippen molar-refractivity contribution in [3.63, 3.8) is 0 Å². The van der Waals surface area contributed by atoms with Crippen LogP contribution in [0.3, 0.4) is 0 Å². The number of nitrogens with zero attached hydrogens (tertiary/aromatic N) is 1. The molecule has 1 heterocycles. The Bertz CT molecular complexity index is 448. The molecule has 1 aliphatic heterocycles. The van der Waals surface area contributed by atoms with Crippen LogP contribution in [0.5, 0.6) is 0 Å². The van der Waals surface area contributed by atoms with E-state index in [0.29, 0.717) is 10.4 Å². The largest absolute Gasteiger partial charge is 0.389 e. The molecule has 0 saturated carbocycles. The van der Waals surface area contributed by atoms with Crippen LogP contribution < -0.4 is 10.6 Å². The number of rotatable bonds is 2. The minimum absolute atomic E-state index is 0.368. The Labute approximate surface area is 115 Å². The lowest BCUT2D eigenvalue weighted by molar-refractivity contribution is 0.263. The molecule has 1 unspecified atom stereocenters. The molecule has 1 aliphatic rings. The summed E-state index contributed by atoms with van der Waals surface area (Å²) >= 11 is 5.14. The van der Waals surface area contributed by atoms with Gasteiger partial charge < -0.3 is 10.6 Å². The van der Waals surface area contributed by atoms with E-state index < -0.39 is 0 Å². The van der Waals surface area contributed by atoms with Gasteiger partial charge in [-0.15, -0.1) is 0 Å². The SMILES string of the molecule is CC(C)(C)C1CCN(c2ccccc2C(N)=S)C1. The van der Waals surface area contributed by atoms with Gasteiger partial charge in [-0.05, 0) is 29.9 Å².